The maximum atomic E-state index is 5.61. The quantitative estimate of drug-likeness (QED) is 0.887. The molecule has 0 amide bonds. The normalized spacial score (nSPS) is 23.5. The Hall–Kier alpha value is -0.0300. The smallest absolute Gasteiger partial charge is 0.0669 e. The van der Waals surface area contributed by atoms with Crippen LogP contribution in [0.5, 0.6) is 0 Å². The van der Waals surface area contributed by atoms with E-state index in [1.54, 1.807) is 0 Å². The minimum Gasteiger partial charge on any atom is -0.377 e. The molecule has 0 saturated carbocycles. The van der Waals surface area contributed by atoms with E-state index in [1.807, 2.05) is 11.8 Å². The van der Waals surface area contributed by atoms with Gasteiger partial charge in [-0.2, -0.15) is 0 Å². The summed E-state index contributed by atoms with van der Waals surface area (Å²) in [6, 6.07) is 6.63. The predicted octanol–water partition coefficient (Wildman–Crippen LogP) is 3.83. The molecule has 2 atom stereocenters. The number of halogens is 1. The van der Waals surface area contributed by atoms with E-state index in [4.69, 9.17) is 4.74 Å². The van der Waals surface area contributed by atoms with E-state index < -0.39 is 0 Å². The van der Waals surface area contributed by atoms with Crippen LogP contribution < -0.4 is 5.32 Å². The first-order chi connectivity index (χ1) is 8.70. The molecule has 1 aliphatic heterocycles. The van der Waals surface area contributed by atoms with Crippen LogP contribution in [0.25, 0.3) is 0 Å². The molecule has 0 spiro atoms. The molecule has 1 aromatic rings. The topological polar surface area (TPSA) is 21.3 Å². The minimum atomic E-state index is 0.364. The highest BCUT2D eigenvalue weighted by Gasteiger charge is 2.25. The van der Waals surface area contributed by atoms with Crippen molar-refractivity contribution in [2.24, 2.45) is 0 Å². The number of hydrogen-bond acceptors (Lipinski definition) is 3. The average Bonchev–Trinajstić information content (AvgIpc) is 2.75. The summed E-state index contributed by atoms with van der Waals surface area (Å²) >= 11 is 5.60. The zero-order valence-electron chi connectivity index (χ0n) is 10.9. The van der Waals surface area contributed by atoms with Crippen molar-refractivity contribution in [1.82, 2.24) is 5.32 Å². The zero-order chi connectivity index (χ0) is 13.0. The Bertz CT molecular complexity index is 399. The molecule has 0 bridgehead atoms. The summed E-state index contributed by atoms with van der Waals surface area (Å²) in [5, 5.41) is 3.93. The fourth-order valence-electron chi connectivity index (χ4n) is 2.05. The molecular formula is C14H20BrNOS. The van der Waals surface area contributed by atoms with Crippen LogP contribution >= 0.6 is 27.7 Å². The highest BCUT2D eigenvalue weighted by Crippen LogP contribution is 2.36. The van der Waals surface area contributed by atoms with Crippen molar-refractivity contribution >= 4 is 27.7 Å². The Morgan fingerprint density at radius 1 is 1.50 bits per heavy atom. The van der Waals surface area contributed by atoms with Crippen LogP contribution in [0.1, 0.15) is 25.8 Å². The molecule has 1 saturated heterocycles. The summed E-state index contributed by atoms with van der Waals surface area (Å²) in [6.07, 6.45) is 1.51. The Morgan fingerprint density at radius 3 is 2.94 bits per heavy atom. The van der Waals surface area contributed by atoms with Crippen molar-refractivity contribution in [3.8, 4) is 0 Å². The summed E-state index contributed by atoms with van der Waals surface area (Å²) in [4.78, 5) is 1.32. The predicted molar refractivity (Wildman–Crippen MR) is 81.2 cm³/mol. The molecule has 1 fully saturated rings. The second-order valence-corrected chi connectivity index (χ2v) is 6.70. The Labute approximate surface area is 122 Å². The lowest BCUT2D eigenvalue weighted by Gasteiger charge is -2.15. The number of benzene rings is 1. The first kappa shape index (κ1) is 14.4. The van der Waals surface area contributed by atoms with E-state index in [2.05, 4.69) is 53.3 Å². The van der Waals surface area contributed by atoms with Gasteiger partial charge in [-0.3, -0.25) is 0 Å². The fraction of sp³-hybridized carbons (Fsp3) is 0.571. The number of ether oxygens (including phenoxy) is 1. The van der Waals surface area contributed by atoms with E-state index in [0.29, 0.717) is 11.4 Å². The van der Waals surface area contributed by atoms with Gasteiger partial charge in [-0.15, -0.1) is 11.8 Å². The molecule has 1 heterocycles. The van der Waals surface area contributed by atoms with Crippen molar-refractivity contribution in [3.63, 3.8) is 0 Å². The molecule has 2 unspecified atom stereocenters. The van der Waals surface area contributed by atoms with Gasteiger partial charge < -0.3 is 10.1 Å². The highest BCUT2D eigenvalue weighted by atomic mass is 79.9. The maximum absolute atomic E-state index is 5.61. The minimum absolute atomic E-state index is 0.364. The molecule has 0 aromatic heterocycles. The highest BCUT2D eigenvalue weighted by molar-refractivity contribution is 9.10. The van der Waals surface area contributed by atoms with Crippen molar-refractivity contribution in [3.05, 3.63) is 28.2 Å². The second-order valence-electron chi connectivity index (χ2n) is 4.57. The lowest BCUT2D eigenvalue weighted by Crippen LogP contribution is -2.13. The lowest BCUT2D eigenvalue weighted by atomic mass is 10.2. The molecule has 0 aliphatic carbocycles. The first-order valence-corrected chi connectivity index (χ1v) is 8.15. The van der Waals surface area contributed by atoms with E-state index in [9.17, 15) is 0 Å². The summed E-state index contributed by atoms with van der Waals surface area (Å²) in [5.41, 5.74) is 1.32. The summed E-state index contributed by atoms with van der Waals surface area (Å²) < 4.78 is 6.80. The van der Waals surface area contributed by atoms with Crippen molar-refractivity contribution < 1.29 is 4.74 Å². The van der Waals surface area contributed by atoms with Crippen molar-refractivity contribution in [2.45, 2.75) is 43.1 Å². The third kappa shape index (κ3) is 3.73. The third-order valence-electron chi connectivity index (χ3n) is 3.16. The Balaban J connectivity index is 2.00. The van der Waals surface area contributed by atoms with E-state index in [0.717, 1.165) is 26.1 Å². The number of thioether (sulfide) groups is 1. The van der Waals surface area contributed by atoms with E-state index in [-0.39, 0.29) is 0 Å². The first-order valence-electron chi connectivity index (χ1n) is 6.48. The van der Waals surface area contributed by atoms with Gasteiger partial charge in [0.1, 0.15) is 0 Å². The Morgan fingerprint density at radius 2 is 2.33 bits per heavy atom. The molecule has 2 rings (SSSR count). The molecule has 1 N–H and O–H groups in total. The van der Waals surface area contributed by atoms with Crippen LogP contribution in [0.3, 0.4) is 0 Å². The van der Waals surface area contributed by atoms with Gasteiger partial charge in [0.2, 0.25) is 0 Å². The van der Waals surface area contributed by atoms with Crippen LogP contribution in [0.4, 0.5) is 0 Å². The van der Waals surface area contributed by atoms with Crippen LogP contribution in [-0.4, -0.2) is 24.5 Å². The van der Waals surface area contributed by atoms with Crippen LogP contribution in [0.15, 0.2) is 27.6 Å². The standard InChI is InChI=1S/C14H20BrNOS/c1-3-16-9-11-4-5-14(12(15)8-11)18-13-6-7-17-10(13)2/h4-5,8,10,13,16H,3,6-7,9H2,1-2H3. The summed E-state index contributed by atoms with van der Waals surface area (Å²) in [6.45, 7) is 7.13. The summed E-state index contributed by atoms with van der Waals surface area (Å²) in [5.74, 6) is 0. The third-order valence-corrected chi connectivity index (χ3v) is 5.61. The van der Waals surface area contributed by atoms with Crippen LogP contribution in [0, 0.1) is 0 Å². The molecule has 1 aromatic carbocycles. The van der Waals surface area contributed by atoms with Gasteiger partial charge in [-0.05, 0) is 53.5 Å². The molecule has 1 aliphatic rings. The van der Waals surface area contributed by atoms with E-state index >= 15 is 0 Å². The zero-order valence-corrected chi connectivity index (χ0v) is 13.3. The summed E-state index contributed by atoms with van der Waals surface area (Å²) in [7, 11) is 0. The lowest BCUT2D eigenvalue weighted by molar-refractivity contribution is 0.127. The van der Waals surface area contributed by atoms with Gasteiger partial charge in [0.05, 0.1) is 6.10 Å². The van der Waals surface area contributed by atoms with Crippen LogP contribution in [-0.2, 0) is 11.3 Å². The SMILES string of the molecule is CCNCc1ccc(SC2CCOC2C)c(Br)c1. The maximum Gasteiger partial charge on any atom is 0.0669 e. The van der Waals surface area contributed by atoms with Gasteiger partial charge in [-0.25, -0.2) is 0 Å². The van der Waals surface area contributed by atoms with Gasteiger partial charge in [0.15, 0.2) is 0 Å². The molecule has 100 valence electrons. The average molecular weight is 330 g/mol. The van der Waals surface area contributed by atoms with Crippen LogP contribution in [0.2, 0.25) is 0 Å². The van der Waals surface area contributed by atoms with Gasteiger partial charge in [-0.1, -0.05) is 13.0 Å². The fourth-order valence-corrected chi connectivity index (χ4v) is 3.88. The molecule has 0 radical (unpaired) electrons. The number of nitrogens with one attached hydrogen (secondary N) is 1. The molecule has 18 heavy (non-hydrogen) atoms. The largest absolute Gasteiger partial charge is 0.377 e. The van der Waals surface area contributed by atoms with E-state index in [1.165, 1.54) is 14.9 Å². The number of hydrogen-bond donors (Lipinski definition) is 1. The number of rotatable bonds is 5. The van der Waals surface area contributed by atoms with Gasteiger partial charge >= 0.3 is 0 Å². The van der Waals surface area contributed by atoms with Gasteiger partial charge in [0, 0.05) is 27.8 Å². The van der Waals surface area contributed by atoms with Crippen molar-refractivity contribution in [2.75, 3.05) is 13.2 Å². The molecule has 2 nitrogen and oxygen atoms in total. The second kappa shape index (κ2) is 6.94. The van der Waals surface area contributed by atoms with Crippen molar-refractivity contribution in [1.29, 1.82) is 0 Å². The molecular weight excluding hydrogens is 310 g/mol. The molecule has 4 heteroatoms. The Kier molecular flexibility index (Phi) is 5.55. The van der Waals surface area contributed by atoms with Gasteiger partial charge in [0.25, 0.3) is 0 Å². The monoisotopic (exact) mass is 329 g/mol.